The highest BCUT2D eigenvalue weighted by molar-refractivity contribution is 6.02. The zero-order valence-electron chi connectivity index (χ0n) is 16.1. The zero-order valence-corrected chi connectivity index (χ0v) is 16.1. The Hall–Kier alpha value is -2.56. The van der Waals surface area contributed by atoms with Crippen LogP contribution >= 0.6 is 0 Å². The van der Waals surface area contributed by atoms with E-state index in [9.17, 15) is 9.59 Å². The number of H-pyrrole nitrogens is 1. The fourth-order valence-corrected chi connectivity index (χ4v) is 3.00. The second-order valence-electron chi connectivity index (χ2n) is 6.53. The fourth-order valence-electron chi connectivity index (χ4n) is 3.00. The smallest absolute Gasteiger partial charge is 0.268 e. The summed E-state index contributed by atoms with van der Waals surface area (Å²) in [6, 6.07) is 7.96. The minimum absolute atomic E-state index is 0.0310. The van der Waals surface area contributed by atoms with Gasteiger partial charge in [0.05, 0.1) is 6.61 Å². The van der Waals surface area contributed by atoms with Crippen molar-refractivity contribution in [2.75, 3.05) is 13.2 Å². The average Bonchev–Trinajstić information content (AvgIpc) is 2.91. The number of rotatable bonds is 9. The van der Waals surface area contributed by atoms with Gasteiger partial charge in [0, 0.05) is 17.8 Å². The number of unbranched alkanes of at least 4 members (excludes halogenated alkanes) is 1. The zero-order chi connectivity index (χ0) is 19.1. The van der Waals surface area contributed by atoms with Gasteiger partial charge < -0.3 is 15.0 Å². The molecule has 0 aliphatic carbocycles. The van der Waals surface area contributed by atoms with Crippen LogP contribution < -0.4 is 10.1 Å². The molecule has 0 radical (unpaired) electrons. The van der Waals surface area contributed by atoms with Gasteiger partial charge in [0.15, 0.2) is 5.78 Å². The lowest BCUT2D eigenvalue weighted by Crippen LogP contribution is -2.26. The molecule has 0 aliphatic heterocycles. The first-order valence-corrected chi connectivity index (χ1v) is 9.14. The molecule has 0 aliphatic rings. The number of Topliss-reactive ketones (excluding diaryl/α,β-unsaturated/α-hetero) is 1. The molecule has 26 heavy (non-hydrogen) atoms. The maximum atomic E-state index is 12.4. The van der Waals surface area contributed by atoms with Crippen LogP contribution in [0, 0.1) is 13.8 Å². The SMILES string of the molecule is CCCCOc1ccc(CCNC(=O)c2[nH]c(C)c(C(C)=O)c2C)cc1. The first kappa shape index (κ1) is 19.8. The van der Waals surface area contributed by atoms with E-state index in [2.05, 4.69) is 17.2 Å². The Morgan fingerprint density at radius 2 is 1.85 bits per heavy atom. The predicted octanol–water partition coefficient (Wildman–Crippen LogP) is 3.99. The molecule has 5 nitrogen and oxygen atoms in total. The molecule has 1 amide bonds. The lowest BCUT2D eigenvalue weighted by molar-refractivity contribution is 0.0948. The van der Waals surface area contributed by atoms with Crippen LogP contribution in [0.25, 0.3) is 0 Å². The van der Waals surface area contributed by atoms with Crippen LogP contribution in [0.3, 0.4) is 0 Å². The maximum Gasteiger partial charge on any atom is 0.268 e. The molecule has 0 atom stereocenters. The number of aromatic amines is 1. The third kappa shape index (κ3) is 4.97. The van der Waals surface area contributed by atoms with Gasteiger partial charge in [-0.05, 0) is 56.9 Å². The van der Waals surface area contributed by atoms with Gasteiger partial charge in [-0.1, -0.05) is 25.5 Å². The van der Waals surface area contributed by atoms with E-state index < -0.39 is 0 Å². The summed E-state index contributed by atoms with van der Waals surface area (Å²) >= 11 is 0. The summed E-state index contributed by atoms with van der Waals surface area (Å²) < 4.78 is 5.65. The van der Waals surface area contributed by atoms with Gasteiger partial charge in [0.25, 0.3) is 5.91 Å². The maximum absolute atomic E-state index is 12.4. The van der Waals surface area contributed by atoms with E-state index in [1.165, 1.54) is 6.92 Å². The third-order valence-corrected chi connectivity index (χ3v) is 4.41. The molecule has 5 heteroatoms. The van der Waals surface area contributed by atoms with Crippen molar-refractivity contribution in [1.29, 1.82) is 0 Å². The average molecular weight is 356 g/mol. The van der Waals surface area contributed by atoms with Crippen LogP contribution in [-0.4, -0.2) is 29.8 Å². The Kier molecular flexibility index (Phi) is 7.01. The second-order valence-corrected chi connectivity index (χ2v) is 6.53. The fraction of sp³-hybridized carbons (Fsp3) is 0.429. The number of aromatic nitrogens is 1. The van der Waals surface area contributed by atoms with Gasteiger partial charge in [-0.25, -0.2) is 0 Å². The summed E-state index contributed by atoms with van der Waals surface area (Å²) in [7, 11) is 0. The minimum Gasteiger partial charge on any atom is -0.494 e. The Morgan fingerprint density at radius 1 is 1.15 bits per heavy atom. The molecule has 2 rings (SSSR count). The summed E-state index contributed by atoms with van der Waals surface area (Å²) in [4.78, 5) is 27.1. The number of benzene rings is 1. The summed E-state index contributed by atoms with van der Waals surface area (Å²) in [6.45, 7) is 8.53. The number of hydrogen-bond donors (Lipinski definition) is 2. The van der Waals surface area contributed by atoms with E-state index in [1.807, 2.05) is 31.2 Å². The molecule has 0 spiro atoms. The van der Waals surface area contributed by atoms with Crippen molar-refractivity contribution >= 4 is 11.7 Å². The van der Waals surface area contributed by atoms with Crippen molar-refractivity contribution < 1.29 is 14.3 Å². The minimum atomic E-state index is -0.183. The first-order chi connectivity index (χ1) is 12.4. The van der Waals surface area contributed by atoms with Crippen LogP contribution in [0.1, 0.15) is 64.4 Å². The molecule has 0 bridgehead atoms. The highest BCUT2D eigenvalue weighted by Gasteiger charge is 2.19. The summed E-state index contributed by atoms with van der Waals surface area (Å²) in [5.41, 5.74) is 3.65. The van der Waals surface area contributed by atoms with Crippen LogP contribution in [-0.2, 0) is 6.42 Å². The van der Waals surface area contributed by atoms with Gasteiger partial charge in [-0.3, -0.25) is 9.59 Å². The van der Waals surface area contributed by atoms with E-state index in [0.717, 1.165) is 42.9 Å². The number of nitrogens with one attached hydrogen (secondary N) is 2. The van der Waals surface area contributed by atoms with Crippen molar-refractivity contribution in [3.63, 3.8) is 0 Å². The molecule has 0 saturated carbocycles. The van der Waals surface area contributed by atoms with Crippen molar-refractivity contribution in [3.05, 3.63) is 52.3 Å². The molecule has 1 aromatic carbocycles. The molecular formula is C21H28N2O3. The van der Waals surface area contributed by atoms with Crippen LogP contribution in [0.15, 0.2) is 24.3 Å². The summed E-state index contributed by atoms with van der Waals surface area (Å²) in [5, 5.41) is 2.91. The lowest BCUT2D eigenvalue weighted by Gasteiger charge is -2.08. The number of hydrogen-bond acceptors (Lipinski definition) is 3. The monoisotopic (exact) mass is 356 g/mol. The van der Waals surface area contributed by atoms with E-state index in [4.69, 9.17) is 4.74 Å². The third-order valence-electron chi connectivity index (χ3n) is 4.41. The van der Waals surface area contributed by atoms with E-state index in [0.29, 0.717) is 23.4 Å². The molecule has 0 fully saturated rings. The predicted molar refractivity (Wildman–Crippen MR) is 103 cm³/mol. The largest absolute Gasteiger partial charge is 0.494 e. The van der Waals surface area contributed by atoms with Gasteiger partial charge >= 0.3 is 0 Å². The number of aryl methyl sites for hydroxylation is 1. The standard InChI is InChI=1S/C21H28N2O3/c1-5-6-13-26-18-9-7-17(8-10-18)11-12-22-21(25)20-14(2)19(16(4)24)15(3)23-20/h7-10,23H,5-6,11-13H2,1-4H3,(H,22,25). The topological polar surface area (TPSA) is 71.2 Å². The number of ketones is 1. The highest BCUT2D eigenvalue weighted by atomic mass is 16.5. The second kappa shape index (κ2) is 9.22. The summed E-state index contributed by atoms with van der Waals surface area (Å²) in [6.07, 6.45) is 2.90. The van der Waals surface area contributed by atoms with Crippen LogP contribution in [0.5, 0.6) is 5.75 Å². The van der Waals surface area contributed by atoms with Crippen LogP contribution in [0.4, 0.5) is 0 Å². The lowest BCUT2D eigenvalue weighted by atomic mass is 10.1. The van der Waals surface area contributed by atoms with Crippen molar-refractivity contribution in [2.24, 2.45) is 0 Å². The Bertz CT molecular complexity index is 760. The molecule has 2 aromatic rings. The van der Waals surface area contributed by atoms with Crippen molar-refractivity contribution in [2.45, 2.75) is 47.0 Å². The van der Waals surface area contributed by atoms with E-state index in [1.54, 1.807) is 6.92 Å². The highest BCUT2D eigenvalue weighted by Crippen LogP contribution is 2.18. The van der Waals surface area contributed by atoms with Crippen LogP contribution in [0.2, 0.25) is 0 Å². The normalized spacial score (nSPS) is 10.6. The molecular weight excluding hydrogens is 328 g/mol. The Labute approximate surface area is 155 Å². The van der Waals surface area contributed by atoms with Gasteiger partial charge in [0.2, 0.25) is 0 Å². The van der Waals surface area contributed by atoms with Gasteiger partial charge in [-0.15, -0.1) is 0 Å². The van der Waals surface area contributed by atoms with E-state index in [-0.39, 0.29) is 11.7 Å². The Morgan fingerprint density at radius 3 is 2.42 bits per heavy atom. The number of amides is 1. The quantitative estimate of drug-likeness (QED) is 0.527. The molecule has 140 valence electrons. The molecule has 2 N–H and O–H groups in total. The molecule has 0 saturated heterocycles. The molecule has 1 aromatic heterocycles. The van der Waals surface area contributed by atoms with Gasteiger partial charge in [0.1, 0.15) is 11.4 Å². The number of carbonyl (C=O) groups excluding carboxylic acids is 2. The van der Waals surface area contributed by atoms with Crippen molar-refractivity contribution in [1.82, 2.24) is 10.3 Å². The molecule has 1 heterocycles. The van der Waals surface area contributed by atoms with E-state index >= 15 is 0 Å². The van der Waals surface area contributed by atoms with Crippen molar-refractivity contribution in [3.8, 4) is 5.75 Å². The molecule has 0 unspecified atom stereocenters. The summed E-state index contributed by atoms with van der Waals surface area (Å²) in [5.74, 6) is 0.662. The van der Waals surface area contributed by atoms with Gasteiger partial charge in [-0.2, -0.15) is 0 Å². The first-order valence-electron chi connectivity index (χ1n) is 9.14. The Balaban J connectivity index is 1.87. The number of ether oxygens (including phenoxy) is 1. The number of carbonyl (C=O) groups is 2.